The third kappa shape index (κ3) is 3.01. The minimum atomic E-state index is -0.658. The van der Waals surface area contributed by atoms with E-state index >= 15 is 0 Å². The predicted molar refractivity (Wildman–Crippen MR) is 107 cm³/mol. The lowest BCUT2D eigenvalue weighted by atomic mass is 10.0. The zero-order chi connectivity index (χ0) is 19.7. The fraction of sp³-hybridized carbons (Fsp3) is 0.150. The minimum Gasteiger partial charge on any atom is -0.291 e. The van der Waals surface area contributed by atoms with Crippen LogP contribution in [0.1, 0.15) is 18.8 Å². The van der Waals surface area contributed by atoms with Gasteiger partial charge in [0.25, 0.3) is 0 Å². The summed E-state index contributed by atoms with van der Waals surface area (Å²) in [6.45, 7) is 5.20. The van der Waals surface area contributed by atoms with Gasteiger partial charge in [-0.15, -0.1) is 6.58 Å². The highest BCUT2D eigenvalue weighted by Crippen LogP contribution is 2.36. The molecule has 1 aromatic carbocycles. The number of aromatic nitrogens is 4. The van der Waals surface area contributed by atoms with Crippen LogP contribution < -0.4 is 15.1 Å². The van der Waals surface area contributed by atoms with Crippen molar-refractivity contribution in [3.8, 4) is 11.3 Å². The molecule has 0 radical (unpaired) electrons. The molecule has 2 aromatic heterocycles. The van der Waals surface area contributed by atoms with Gasteiger partial charge in [-0.25, -0.2) is 4.90 Å². The van der Waals surface area contributed by atoms with Gasteiger partial charge in [0, 0.05) is 24.0 Å². The number of fused-ring (bicyclic) bond motifs is 3. The number of nitrogens with one attached hydrogen (secondary N) is 1. The molecule has 0 saturated heterocycles. The lowest BCUT2D eigenvalue weighted by molar-refractivity contribution is -0.763. The lowest BCUT2D eigenvalue weighted by Crippen LogP contribution is -2.60. The normalized spacial score (nSPS) is 14.9. The molecule has 0 fully saturated rings. The Morgan fingerprint density at radius 3 is 2.82 bits per heavy atom. The van der Waals surface area contributed by atoms with E-state index in [1.165, 1.54) is 18.7 Å². The van der Waals surface area contributed by atoms with Gasteiger partial charge in [0.2, 0.25) is 11.1 Å². The van der Waals surface area contributed by atoms with Gasteiger partial charge < -0.3 is 0 Å². The first-order chi connectivity index (χ1) is 13.6. The van der Waals surface area contributed by atoms with E-state index < -0.39 is 6.17 Å². The molecule has 0 bridgehead atoms. The number of carbonyl (C=O) groups is 1. The van der Waals surface area contributed by atoms with E-state index in [-0.39, 0.29) is 11.5 Å². The number of amides is 1. The second-order valence-corrected chi connectivity index (χ2v) is 7.20. The highest BCUT2D eigenvalue weighted by atomic mass is 32.2. The van der Waals surface area contributed by atoms with Crippen LogP contribution in [-0.2, 0) is 4.79 Å². The number of carbonyl (C=O) groups excluding carboxylic acids is 1. The molecule has 3 heterocycles. The van der Waals surface area contributed by atoms with E-state index in [4.69, 9.17) is 0 Å². The first-order valence-electron chi connectivity index (χ1n) is 8.71. The van der Waals surface area contributed by atoms with Gasteiger partial charge in [-0.1, -0.05) is 36.0 Å². The summed E-state index contributed by atoms with van der Waals surface area (Å²) in [6, 6.07) is 12.8. The number of para-hydroxylation sites is 1. The zero-order valence-electron chi connectivity index (χ0n) is 15.2. The standard InChI is InChI=1S/C20H17N5O2S/c1-3-12-28-20-22-18(27)17-14-8-4-5-10-16(14)24(13(2)26)19(25(17)23-20)15-9-6-7-11-21-15/h3-11,19H,1,12H2,2H3/p+1/t19-/m0/s1. The Kier molecular flexibility index (Phi) is 4.79. The number of benzene rings is 1. The number of H-pyrrole nitrogens is 1. The zero-order valence-corrected chi connectivity index (χ0v) is 16.0. The highest BCUT2D eigenvalue weighted by Gasteiger charge is 2.45. The molecule has 1 aliphatic rings. The Balaban J connectivity index is 2.03. The van der Waals surface area contributed by atoms with Crippen molar-refractivity contribution in [2.75, 3.05) is 10.7 Å². The van der Waals surface area contributed by atoms with Crippen molar-refractivity contribution >= 4 is 23.4 Å². The third-order valence-electron chi connectivity index (χ3n) is 4.39. The molecule has 7 nitrogen and oxygen atoms in total. The first-order valence-corrected chi connectivity index (χ1v) is 9.70. The quantitative estimate of drug-likeness (QED) is 0.419. The maximum absolute atomic E-state index is 13.0. The van der Waals surface area contributed by atoms with E-state index in [0.717, 1.165) is 0 Å². The van der Waals surface area contributed by atoms with Crippen LogP contribution in [0.4, 0.5) is 5.69 Å². The van der Waals surface area contributed by atoms with Gasteiger partial charge in [-0.3, -0.25) is 19.6 Å². The Morgan fingerprint density at radius 1 is 1.32 bits per heavy atom. The number of pyridine rings is 1. The van der Waals surface area contributed by atoms with Gasteiger partial charge >= 0.3 is 17.4 Å². The van der Waals surface area contributed by atoms with Crippen LogP contribution in [0.2, 0.25) is 0 Å². The third-order valence-corrected chi connectivity index (χ3v) is 5.25. The Labute approximate surface area is 165 Å². The molecule has 0 spiro atoms. The molecule has 0 aliphatic carbocycles. The second kappa shape index (κ2) is 7.40. The van der Waals surface area contributed by atoms with Gasteiger partial charge in [-0.2, -0.15) is 0 Å². The number of hydrogen-bond acceptors (Lipinski definition) is 5. The van der Waals surface area contributed by atoms with E-state index in [0.29, 0.717) is 33.5 Å². The van der Waals surface area contributed by atoms with Gasteiger partial charge in [0.15, 0.2) is 0 Å². The van der Waals surface area contributed by atoms with Crippen LogP contribution in [0.3, 0.4) is 0 Å². The SMILES string of the molecule is C=CCSc1n[n+]2c(c(=O)[nH]1)-c1ccccc1N(C(C)=O)[C@@H]2c1ccccn1. The van der Waals surface area contributed by atoms with E-state index in [2.05, 4.69) is 21.6 Å². The fourth-order valence-corrected chi connectivity index (χ4v) is 3.90. The van der Waals surface area contributed by atoms with Crippen LogP contribution in [0.5, 0.6) is 0 Å². The number of rotatable bonds is 4. The molecule has 1 aliphatic heterocycles. The largest absolute Gasteiger partial charge is 0.325 e. The molecule has 1 amide bonds. The summed E-state index contributed by atoms with van der Waals surface area (Å²) in [6.07, 6.45) is 2.74. The number of hydrogen-bond donors (Lipinski definition) is 1. The maximum atomic E-state index is 13.0. The van der Waals surface area contributed by atoms with Crippen molar-refractivity contribution in [2.45, 2.75) is 18.2 Å². The minimum absolute atomic E-state index is 0.163. The van der Waals surface area contributed by atoms with E-state index in [1.54, 1.807) is 27.9 Å². The van der Waals surface area contributed by atoms with Crippen molar-refractivity contribution in [2.24, 2.45) is 0 Å². The maximum Gasteiger partial charge on any atom is 0.325 e. The number of anilines is 1. The molecule has 0 saturated carbocycles. The fourth-order valence-electron chi connectivity index (χ4n) is 3.31. The molecule has 4 rings (SSSR count). The Bertz CT molecular complexity index is 1110. The average Bonchev–Trinajstić information content (AvgIpc) is 2.71. The van der Waals surface area contributed by atoms with Crippen molar-refractivity contribution < 1.29 is 9.48 Å². The smallest absolute Gasteiger partial charge is 0.291 e. The summed E-state index contributed by atoms with van der Waals surface area (Å²) in [4.78, 5) is 34.5. The first kappa shape index (κ1) is 18.1. The van der Waals surface area contributed by atoms with Crippen molar-refractivity contribution in [1.82, 2.24) is 15.1 Å². The molecule has 1 N–H and O–H groups in total. The van der Waals surface area contributed by atoms with Crippen LogP contribution >= 0.6 is 11.8 Å². The lowest BCUT2D eigenvalue weighted by Gasteiger charge is -2.30. The van der Waals surface area contributed by atoms with Gasteiger partial charge in [0.1, 0.15) is 5.69 Å². The predicted octanol–water partition coefficient (Wildman–Crippen LogP) is 2.31. The monoisotopic (exact) mass is 392 g/mol. The van der Waals surface area contributed by atoms with Crippen LogP contribution in [0.25, 0.3) is 11.3 Å². The number of aromatic amines is 1. The van der Waals surface area contributed by atoms with Gasteiger partial charge in [-0.05, 0) is 28.9 Å². The molecule has 28 heavy (non-hydrogen) atoms. The summed E-state index contributed by atoms with van der Waals surface area (Å²) >= 11 is 1.37. The molecule has 0 unspecified atom stereocenters. The van der Waals surface area contributed by atoms with Crippen LogP contribution in [0, 0.1) is 0 Å². The summed E-state index contributed by atoms with van der Waals surface area (Å²) in [5.74, 6) is 0.437. The summed E-state index contributed by atoms with van der Waals surface area (Å²) in [5, 5.41) is 5.10. The summed E-state index contributed by atoms with van der Waals surface area (Å²) in [7, 11) is 0. The average molecular weight is 392 g/mol. The number of thioether (sulfide) groups is 1. The van der Waals surface area contributed by atoms with Crippen molar-refractivity contribution in [3.05, 3.63) is 77.4 Å². The highest BCUT2D eigenvalue weighted by molar-refractivity contribution is 7.99. The Morgan fingerprint density at radius 2 is 2.11 bits per heavy atom. The van der Waals surface area contributed by atoms with Crippen LogP contribution in [0.15, 0.2) is 71.3 Å². The molecular weight excluding hydrogens is 374 g/mol. The molecule has 1 atom stereocenters. The summed E-state index contributed by atoms with van der Waals surface area (Å²) < 4.78 is 1.59. The topological polar surface area (TPSA) is 82.8 Å². The molecular formula is C20H18N5O2S+. The van der Waals surface area contributed by atoms with Crippen molar-refractivity contribution in [1.29, 1.82) is 0 Å². The second-order valence-electron chi connectivity index (χ2n) is 6.19. The summed E-state index contributed by atoms with van der Waals surface area (Å²) in [5.41, 5.74) is 2.06. The van der Waals surface area contributed by atoms with Crippen molar-refractivity contribution in [3.63, 3.8) is 0 Å². The molecule has 8 heteroatoms. The van der Waals surface area contributed by atoms with Gasteiger partial charge in [0.05, 0.1) is 11.3 Å². The van der Waals surface area contributed by atoms with Crippen LogP contribution in [-0.4, -0.2) is 26.7 Å². The molecule has 3 aromatic rings. The Hall–Kier alpha value is -3.26. The molecule has 140 valence electrons. The number of nitrogens with zero attached hydrogens (tertiary/aromatic N) is 4. The van der Waals surface area contributed by atoms with E-state index in [1.807, 2.05) is 36.4 Å². The van der Waals surface area contributed by atoms with E-state index in [9.17, 15) is 9.59 Å².